The lowest BCUT2D eigenvalue weighted by Crippen LogP contribution is -2.36. The lowest BCUT2D eigenvalue weighted by molar-refractivity contribution is 0.0934. The second kappa shape index (κ2) is 8.72. The number of rotatable bonds is 7. The van der Waals surface area contributed by atoms with Crippen LogP contribution in [-0.2, 0) is 0 Å². The van der Waals surface area contributed by atoms with Gasteiger partial charge in [0.1, 0.15) is 0 Å². The topological polar surface area (TPSA) is 50.8 Å². The van der Waals surface area contributed by atoms with Crippen molar-refractivity contribution in [1.82, 2.24) is 10.2 Å². The minimum atomic E-state index is -0.152. The van der Waals surface area contributed by atoms with Gasteiger partial charge in [0.05, 0.1) is 25.8 Å². The van der Waals surface area contributed by atoms with Crippen LogP contribution in [0, 0.1) is 0 Å². The normalized spacial score (nSPS) is 15.5. The van der Waals surface area contributed by atoms with Crippen LogP contribution in [0.5, 0.6) is 11.5 Å². The molecule has 1 N–H and O–H groups in total. The van der Waals surface area contributed by atoms with Crippen molar-refractivity contribution in [2.24, 2.45) is 0 Å². The molecule has 0 bridgehead atoms. The zero-order valence-electron chi connectivity index (χ0n) is 15.4. The van der Waals surface area contributed by atoms with Crippen LogP contribution in [0.4, 0.5) is 0 Å². The molecule has 5 nitrogen and oxygen atoms in total. The van der Waals surface area contributed by atoms with Crippen molar-refractivity contribution >= 4 is 5.91 Å². The van der Waals surface area contributed by atoms with Crippen LogP contribution in [-0.4, -0.2) is 44.7 Å². The fraction of sp³-hybridized carbons (Fsp3) is 0.381. The quantitative estimate of drug-likeness (QED) is 0.829. The van der Waals surface area contributed by atoms with Crippen molar-refractivity contribution in [3.63, 3.8) is 0 Å². The van der Waals surface area contributed by atoms with Crippen LogP contribution in [0.2, 0.25) is 0 Å². The number of nitrogens with zero attached hydrogens (tertiary/aromatic N) is 1. The lowest BCUT2D eigenvalue weighted by atomic mass is 10.1. The Morgan fingerprint density at radius 2 is 1.77 bits per heavy atom. The fourth-order valence-electron chi connectivity index (χ4n) is 3.54. The summed E-state index contributed by atoms with van der Waals surface area (Å²) in [7, 11) is 3.12. The number of methoxy groups -OCH3 is 2. The maximum atomic E-state index is 12.8. The van der Waals surface area contributed by atoms with E-state index in [0.29, 0.717) is 23.6 Å². The van der Waals surface area contributed by atoms with E-state index >= 15 is 0 Å². The summed E-state index contributed by atoms with van der Waals surface area (Å²) in [5.41, 5.74) is 1.72. The van der Waals surface area contributed by atoms with Gasteiger partial charge in [-0.3, -0.25) is 9.69 Å². The van der Waals surface area contributed by atoms with E-state index in [0.717, 1.165) is 13.1 Å². The van der Waals surface area contributed by atoms with E-state index in [1.54, 1.807) is 32.4 Å². The standard InChI is InChI=1S/C21H26N2O3/c1-25-19-12-8-11-17(20(19)26-2)21(24)22-15-18(23-13-6-7-14-23)16-9-4-3-5-10-16/h3-5,8-12,18H,6-7,13-15H2,1-2H3,(H,22,24). The van der Waals surface area contributed by atoms with Crippen molar-refractivity contribution in [2.75, 3.05) is 33.9 Å². The molecule has 1 atom stereocenters. The summed E-state index contributed by atoms with van der Waals surface area (Å²) >= 11 is 0. The number of carbonyl (C=O) groups is 1. The Morgan fingerprint density at radius 1 is 1.04 bits per heavy atom. The second-order valence-electron chi connectivity index (χ2n) is 6.42. The van der Waals surface area contributed by atoms with E-state index in [2.05, 4.69) is 22.3 Å². The molecule has 0 spiro atoms. The molecule has 26 heavy (non-hydrogen) atoms. The maximum absolute atomic E-state index is 12.8. The van der Waals surface area contributed by atoms with Gasteiger partial charge in [0.25, 0.3) is 5.91 Å². The number of benzene rings is 2. The first-order valence-corrected chi connectivity index (χ1v) is 9.02. The Morgan fingerprint density at radius 3 is 2.42 bits per heavy atom. The van der Waals surface area contributed by atoms with Gasteiger partial charge in [-0.15, -0.1) is 0 Å². The molecule has 1 fully saturated rings. The molecule has 1 unspecified atom stereocenters. The summed E-state index contributed by atoms with van der Waals surface area (Å²) < 4.78 is 10.7. The Labute approximate surface area is 154 Å². The Balaban J connectivity index is 1.76. The van der Waals surface area contributed by atoms with Crippen molar-refractivity contribution in [3.8, 4) is 11.5 Å². The van der Waals surface area contributed by atoms with Gasteiger partial charge in [-0.1, -0.05) is 36.4 Å². The number of nitrogens with one attached hydrogen (secondary N) is 1. The third-order valence-electron chi connectivity index (χ3n) is 4.87. The molecule has 1 saturated heterocycles. The highest BCUT2D eigenvalue weighted by atomic mass is 16.5. The van der Waals surface area contributed by atoms with Gasteiger partial charge in [0.2, 0.25) is 0 Å². The van der Waals surface area contributed by atoms with Crippen LogP contribution in [0.3, 0.4) is 0 Å². The van der Waals surface area contributed by atoms with Gasteiger partial charge in [0.15, 0.2) is 11.5 Å². The SMILES string of the molecule is COc1cccc(C(=O)NCC(c2ccccc2)N2CCCC2)c1OC. The predicted octanol–water partition coefficient (Wildman–Crippen LogP) is 3.27. The van der Waals surface area contributed by atoms with Gasteiger partial charge in [-0.05, 0) is 43.6 Å². The Hall–Kier alpha value is -2.53. The van der Waals surface area contributed by atoms with E-state index in [1.807, 2.05) is 18.2 Å². The average molecular weight is 354 g/mol. The molecule has 5 heteroatoms. The predicted molar refractivity (Wildman–Crippen MR) is 102 cm³/mol. The van der Waals surface area contributed by atoms with E-state index < -0.39 is 0 Å². The molecule has 1 amide bonds. The summed E-state index contributed by atoms with van der Waals surface area (Å²) in [4.78, 5) is 15.2. The molecule has 0 aliphatic carbocycles. The third kappa shape index (κ3) is 3.99. The molecule has 1 heterocycles. The van der Waals surface area contributed by atoms with Gasteiger partial charge < -0.3 is 14.8 Å². The number of hydrogen-bond acceptors (Lipinski definition) is 4. The molecule has 2 aromatic carbocycles. The largest absolute Gasteiger partial charge is 0.493 e. The van der Waals surface area contributed by atoms with Gasteiger partial charge in [-0.25, -0.2) is 0 Å². The molecule has 1 aliphatic heterocycles. The molecule has 1 aliphatic rings. The van der Waals surface area contributed by atoms with E-state index in [9.17, 15) is 4.79 Å². The molecule has 138 valence electrons. The first-order chi connectivity index (χ1) is 12.7. The van der Waals surface area contributed by atoms with Gasteiger partial charge >= 0.3 is 0 Å². The summed E-state index contributed by atoms with van der Waals surface area (Å²) in [5, 5.41) is 3.08. The van der Waals surface area contributed by atoms with Crippen LogP contribution in [0.1, 0.15) is 34.8 Å². The molecule has 0 radical (unpaired) electrons. The summed E-state index contributed by atoms with van der Waals surface area (Å²) in [6.07, 6.45) is 2.42. The van der Waals surface area contributed by atoms with E-state index in [-0.39, 0.29) is 11.9 Å². The summed E-state index contributed by atoms with van der Waals surface area (Å²) in [5.74, 6) is 0.866. The number of hydrogen-bond donors (Lipinski definition) is 1. The Kier molecular flexibility index (Phi) is 6.12. The van der Waals surface area contributed by atoms with Gasteiger partial charge in [-0.2, -0.15) is 0 Å². The molecule has 0 aromatic heterocycles. The zero-order valence-corrected chi connectivity index (χ0v) is 15.4. The molecule has 2 aromatic rings. The highest BCUT2D eigenvalue weighted by molar-refractivity contribution is 5.97. The molecule has 0 saturated carbocycles. The minimum Gasteiger partial charge on any atom is -0.493 e. The van der Waals surface area contributed by atoms with Crippen molar-refractivity contribution in [3.05, 3.63) is 59.7 Å². The van der Waals surface area contributed by atoms with E-state index in [4.69, 9.17) is 9.47 Å². The summed E-state index contributed by atoms with van der Waals surface area (Å²) in [6.45, 7) is 2.69. The highest BCUT2D eigenvalue weighted by Crippen LogP contribution is 2.31. The zero-order chi connectivity index (χ0) is 18.4. The minimum absolute atomic E-state index is 0.152. The highest BCUT2D eigenvalue weighted by Gasteiger charge is 2.25. The fourth-order valence-corrected chi connectivity index (χ4v) is 3.54. The van der Waals surface area contributed by atoms with Crippen LogP contribution in [0.15, 0.2) is 48.5 Å². The Bertz CT molecular complexity index is 727. The number of ether oxygens (including phenoxy) is 2. The molecular formula is C21H26N2O3. The summed E-state index contributed by atoms with van der Waals surface area (Å²) in [6, 6.07) is 15.9. The number of likely N-dealkylation sites (tertiary alicyclic amines) is 1. The van der Waals surface area contributed by atoms with Crippen molar-refractivity contribution in [1.29, 1.82) is 0 Å². The first kappa shape index (κ1) is 18.3. The number of amides is 1. The first-order valence-electron chi connectivity index (χ1n) is 9.02. The number of para-hydroxylation sites is 1. The van der Waals surface area contributed by atoms with Crippen LogP contribution >= 0.6 is 0 Å². The van der Waals surface area contributed by atoms with Crippen molar-refractivity contribution < 1.29 is 14.3 Å². The van der Waals surface area contributed by atoms with Crippen LogP contribution in [0.25, 0.3) is 0 Å². The molecule has 3 rings (SSSR count). The monoisotopic (exact) mass is 354 g/mol. The second-order valence-corrected chi connectivity index (χ2v) is 6.42. The average Bonchev–Trinajstić information content (AvgIpc) is 3.22. The lowest BCUT2D eigenvalue weighted by Gasteiger charge is -2.28. The van der Waals surface area contributed by atoms with Gasteiger partial charge in [0, 0.05) is 6.54 Å². The van der Waals surface area contributed by atoms with Crippen molar-refractivity contribution in [2.45, 2.75) is 18.9 Å². The van der Waals surface area contributed by atoms with E-state index in [1.165, 1.54) is 18.4 Å². The maximum Gasteiger partial charge on any atom is 0.255 e. The molecular weight excluding hydrogens is 328 g/mol. The smallest absolute Gasteiger partial charge is 0.255 e. The number of carbonyl (C=O) groups excluding carboxylic acids is 1. The third-order valence-corrected chi connectivity index (χ3v) is 4.87. The van der Waals surface area contributed by atoms with Crippen LogP contribution < -0.4 is 14.8 Å².